The maximum atomic E-state index is 13.3. The number of hydrogen-bond acceptors (Lipinski definition) is 8. The number of hydrogen-bond donors (Lipinski definition) is 4. The van der Waals surface area contributed by atoms with Crippen LogP contribution in [0.4, 0.5) is 17.3 Å². The van der Waals surface area contributed by atoms with E-state index in [1.807, 2.05) is 6.07 Å². The van der Waals surface area contributed by atoms with Crippen LogP contribution in [0.3, 0.4) is 0 Å². The van der Waals surface area contributed by atoms with E-state index in [2.05, 4.69) is 31.2 Å². The highest BCUT2D eigenvalue weighted by Crippen LogP contribution is 2.27. The predicted molar refractivity (Wildman–Crippen MR) is 136 cm³/mol. The number of ether oxygens (including phenoxy) is 1. The van der Waals surface area contributed by atoms with Gasteiger partial charge in [0, 0.05) is 56.7 Å². The van der Waals surface area contributed by atoms with Crippen molar-refractivity contribution in [3.8, 4) is 6.07 Å². The highest BCUT2D eigenvalue weighted by atomic mass is 35.5. The molecular weight excluding hydrogens is 482 g/mol. The Morgan fingerprint density at radius 1 is 1.00 bits per heavy atom. The Balaban J connectivity index is 1.49. The zero-order chi connectivity index (χ0) is 25.5. The Labute approximate surface area is 215 Å². The van der Waals surface area contributed by atoms with Crippen LogP contribution in [0.5, 0.6) is 0 Å². The lowest BCUT2D eigenvalue weighted by Crippen LogP contribution is -2.43. The SMILES string of the molecule is CC(=O)NC1CCC(NC(=O)c2cnc(Nc3ncc(C#N)cc3Cl)cc2NC2CCOCC2)CC1. The second kappa shape index (κ2) is 12.0. The first kappa shape index (κ1) is 25.7. The van der Waals surface area contributed by atoms with Crippen LogP contribution in [0.2, 0.25) is 5.02 Å². The largest absolute Gasteiger partial charge is 0.381 e. The van der Waals surface area contributed by atoms with Crippen molar-refractivity contribution in [1.29, 1.82) is 5.26 Å². The standard InChI is InChI=1S/C25H30ClN7O3/c1-15(34)30-17-2-4-18(5-3-17)32-25(35)20-14-28-23(11-22(20)31-19-6-8-36-9-7-19)33-24-21(26)10-16(12-27)13-29-24/h10-11,13-14,17-19H,2-9H2,1H3,(H,30,34)(H,32,35)(H2,28,29,31,33). The first-order chi connectivity index (χ1) is 17.4. The summed E-state index contributed by atoms with van der Waals surface area (Å²) in [6.07, 6.45) is 7.90. The number of nitriles is 1. The number of nitrogens with one attached hydrogen (secondary N) is 4. The third-order valence-electron chi connectivity index (χ3n) is 6.42. The van der Waals surface area contributed by atoms with E-state index >= 15 is 0 Å². The van der Waals surface area contributed by atoms with Crippen molar-refractivity contribution >= 4 is 40.7 Å². The van der Waals surface area contributed by atoms with E-state index in [9.17, 15) is 9.59 Å². The predicted octanol–water partition coefficient (Wildman–Crippen LogP) is 3.51. The Bertz CT molecular complexity index is 1140. The molecule has 2 aliphatic rings. The molecule has 11 heteroatoms. The zero-order valence-electron chi connectivity index (χ0n) is 20.1. The molecule has 1 aliphatic heterocycles. The number of pyridine rings is 2. The lowest BCUT2D eigenvalue weighted by atomic mass is 9.91. The molecule has 36 heavy (non-hydrogen) atoms. The summed E-state index contributed by atoms with van der Waals surface area (Å²) >= 11 is 6.26. The van der Waals surface area contributed by atoms with Crippen molar-refractivity contribution < 1.29 is 14.3 Å². The molecule has 4 rings (SSSR count). The summed E-state index contributed by atoms with van der Waals surface area (Å²) < 4.78 is 5.47. The summed E-state index contributed by atoms with van der Waals surface area (Å²) in [6.45, 7) is 2.85. The van der Waals surface area contributed by atoms with Crippen molar-refractivity contribution in [2.24, 2.45) is 0 Å². The normalized spacial score (nSPS) is 20.1. The molecule has 4 N–H and O–H groups in total. The van der Waals surface area contributed by atoms with Gasteiger partial charge in [-0.05, 0) is 44.6 Å². The molecular formula is C25H30ClN7O3. The second-order valence-electron chi connectivity index (χ2n) is 9.16. The maximum Gasteiger partial charge on any atom is 0.255 e. The summed E-state index contributed by atoms with van der Waals surface area (Å²) in [5, 5.41) is 22.0. The number of halogens is 1. The zero-order valence-corrected chi connectivity index (χ0v) is 20.9. The van der Waals surface area contributed by atoms with Crippen LogP contribution in [0, 0.1) is 11.3 Å². The van der Waals surface area contributed by atoms with Crippen LogP contribution in [0.1, 0.15) is 61.4 Å². The topological polar surface area (TPSA) is 141 Å². The minimum atomic E-state index is -0.193. The van der Waals surface area contributed by atoms with Gasteiger partial charge in [0.1, 0.15) is 17.7 Å². The molecule has 1 saturated heterocycles. The van der Waals surface area contributed by atoms with Gasteiger partial charge in [0.05, 0.1) is 21.8 Å². The number of nitrogens with zero attached hydrogens (tertiary/aromatic N) is 3. The average Bonchev–Trinajstić information content (AvgIpc) is 2.87. The molecule has 1 saturated carbocycles. The first-order valence-electron chi connectivity index (χ1n) is 12.2. The number of amides is 2. The van der Waals surface area contributed by atoms with Crippen LogP contribution in [-0.4, -0.2) is 53.1 Å². The Morgan fingerprint density at radius 2 is 1.69 bits per heavy atom. The molecule has 0 bridgehead atoms. The van der Waals surface area contributed by atoms with E-state index in [1.54, 1.807) is 12.3 Å². The van der Waals surface area contributed by atoms with Crippen LogP contribution < -0.4 is 21.3 Å². The Morgan fingerprint density at radius 3 is 2.33 bits per heavy atom. The van der Waals surface area contributed by atoms with E-state index in [1.165, 1.54) is 19.2 Å². The van der Waals surface area contributed by atoms with Crippen molar-refractivity contribution in [3.05, 3.63) is 40.7 Å². The molecule has 0 radical (unpaired) electrons. The highest BCUT2D eigenvalue weighted by Gasteiger charge is 2.25. The van der Waals surface area contributed by atoms with Crippen molar-refractivity contribution in [1.82, 2.24) is 20.6 Å². The molecule has 190 valence electrons. The smallest absolute Gasteiger partial charge is 0.255 e. The van der Waals surface area contributed by atoms with Gasteiger partial charge < -0.3 is 26.0 Å². The minimum absolute atomic E-state index is 0.0245. The van der Waals surface area contributed by atoms with E-state index < -0.39 is 0 Å². The molecule has 0 spiro atoms. The van der Waals surface area contributed by atoms with Crippen molar-refractivity contribution in [3.63, 3.8) is 0 Å². The van der Waals surface area contributed by atoms with E-state index in [4.69, 9.17) is 21.6 Å². The van der Waals surface area contributed by atoms with Gasteiger partial charge in [-0.15, -0.1) is 0 Å². The summed E-state index contributed by atoms with van der Waals surface area (Å²) in [6, 6.07) is 5.68. The van der Waals surface area contributed by atoms with Gasteiger partial charge in [0.2, 0.25) is 5.91 Å². The minimum Gasteiger partial charge on any atom is -0.381 e. The molecule has 3 heterocycles. The highest BCUT2D eigenvalue weighted by molar-refractivity contribution is 6.33. The first-order valence-corrected chi connectivity index (χ1v) is 12.5. The summed E-state index contributed by atoms with van der Waals surface area (Å²) in [4.78, 5) is 33.2. The van der Waals surface area contributed by atoms with Gasteiger partial charge in [0.15, 0.2) is 0 Å². The van der Waals surface area contributed by atoms with Crippen LogP contribution in [0.25, 0.3) is 0 Å². The monoisotopic (exact) mass is 511 g/mol. The molecule has 1 aliphatic carbocycles. The Hall–Kier alpha value is -3.42. The second-order valence-corrected chi connectivity index (χ2v) is 9.57. The van der Waals surface area contributed by atoms with Crippen LogP contribution in [0.15, 0.2) is 24.5 Å². The van der Waals surface area contributed by atoms with E-state index in [-0.39, 0.29) is 29.9 Å². The average molecular weight is 512 g/mol. The Kier molecular flexibility index (Phi) is 8.57. The van der Waals surface area contributed by atoms with Gasteiger partial charge in [-0.1, -0.05) is 11.6 Å². The number of carbonyl (C=O) groups excluding carboxylic acids is 2. The molecule has 0 atom stereocenters. The molecule has 0 unspecified atom stereocenters. The van der Waals surface area contributed by atoms with Crippen LogP contribution >= 0.6 is 11.6 Å². The van der Waals surface area contributed by atoms with Gasteiger partial charge >= 0.3 is 0 Å². The van der Waals surface area contributed by atoms with E-state index in [0.717, 1.165) is 38.5 Å². The summed E-state index contributed by atoms with van der Waals surface area (Å²) in [7, 11) is 0. The van der Waals surface area contributed by atoms with Gasteiger partial charge in [-0.25, -0.2) is 9.97 Å². The molecule has 10 nitrogen and oxygen atoms in total. The number of carbonyl (C=O) groups is 2. The molecule has 2 aromatic rings. The van der Waals surface area contributed by atoms with Crippen molar-refractivity contribution in [2.75, 3.05) is 23.8 Å². The third kappa shape index (κ3) is 6.83. The quantitative estimate of drug-likeness (QED) is 0.442. The number of anilines is 3. The third-order valence-corrected chi connectivity index (χ3v) is 6.70. The lowest BCUT2D eigenvalue weighted by Gasteiger charge is -2.30. The van der Waals surface area contributed by atoms with E-state index in [0.29, 0.717) is 46.7 Å². The van der Waals surface area contributed by atoms with Crippen LogP contribution in [-0.2, 0) is 9.53 Å². The fraction of sp³-hybridized carbons (Fsp3) is 0.480. The number of rotatable bonds is 7. The fourth-order valence-electron chi connectivity index (χ4n) is 4.53. The molecule has 2 fully saturated rings. The lowest BCUT2D eigenvalue weighted by molar-refractivity contribution is -0.119. The maximum absolute atomic E-state index is 13.3. The van der Waals surface area contributed by atoms with Gasteiger partial charge in [-0.2, -0.15) is 5.26 Å². The molecule has 2 aromatic heterocycles. The fourth-order valence-corrected chi connectivity index (χ4v) is 4.74. The van der Waals surface area contributed by atoms with Gasteiger partial charge in [-0.3, -0.25) is 9.59 Å². The number of aromatic nitrogens is 2. The van der Waals surface area contributed by atoms with Crippen molar-refractivity contribution in [2.45, 2.75) is 63.6 Å². The molecule has 0 aromatic carbocycles. The van der Waals surface area contributed by atoms with Gasteiger partial charge in [0.25, 0.3) is 5.91 Å². The summed E-state index contributed by atoms with van der Waals surface area (Å²) in [5.74, 6) is 0.619. The molecule has 2 amide bonds. The summed E-state index contributed by atoms with van der Waals surface area (Å²) in [5.41, 5.74) is 1.47.